The van der Waals surface area contributed by atoms with E-state index in [1.807, 2.05) is 50.2 Å². The predicted octanol–water partition coefficient (Wildman–Crippen LogP) is 6.72. The predicted molar refractivity (Wildman–Crippen MR) is 193 cm³/mol. The van der Waals surface area contributed by atoms with Crippen molar-refractivity contribution in [2.24, 2.45) is 5.41 Å². The highest BCUT2D eigenvalue weighted by Crippen LogP contribution is 2.40. The lowest BCUT2D eigenvalue weighted by molar-refractivity contribution is -0.216. The summed E-state index contributed by atoms with van der Waals surface area (Å²) in [6.07, 6.45) is -0.917. The number of ether oxygens (including phenoxy) is 4. The van der Waals surface area contributed by atoms with Crippen molar-refractivity contribution in [2.45, 2.75) is 116 Å². The van der Waals surface area contributed by atoms with E-state index in [1.54, 1.807) is 20.8 Å². The van der Waals surface area contributed by atoms with Crippen LogP contribution in [0, 0.1) is 5.41 Å². The fourth-order valence-electron chi connectivity index (χ4n) is 5.54. The molecule has 10 nitrogen and oxygen atoms in total. The van der Waals surface area contributed by atoms with Gasteiger partial charge < -0.3 is 34.0 Å². The van der Waals surface area contributed by atoms with Gasteiger partial charge in [0.05, 0.1) is 25.7 Å². The molecule has 1 aliphatic rings. The Kier molecular flexibility index (Phi) is 13.3. The molecule has 49 heavy (non-hydrogen) atoms. The molecule has 1 fully saturated rings. The van der Waals surface area contributed by atoms with Gasteiger partial charge in [0.25, 0.3) is 0 Å². The smallest absolute Gasteiger partial charge is 0.408 e. The van der Waals surface area contributed by atoms with Crippen LogP contribution in [-0.2, 0) is 38.4 Å². The van der Waals surface area contributed by atoms with Gasteiger partial charge in [0.1, 0.15) is 17.7 Å². The van der Waals surface area contributed by atoms with Crippen molar-refractivity contribution in [1.82, 2.24) is 10.6 Å². The van der Waals surface area contributed by atoms with Gasteiger partial charge in [-0.2, -0.15) is 0 Å². The van der Waals surface area contributed by atoms with Crippen molar-refractivity contribution in [3.63, 3.8) is 0 Å². The topological polar surface area (TPSA) is 121 Å². The van der Waals surface area contributed by atoms with Gasteiger partial charge in [0.15, 0.2) is 14.6 Å². The van der Waals surface area contributed by atoms with E-state index < -0.39 is 61.1 Å². The number of methoxy groups -OCH3 is 1. The molecular weight excluding hydrogens is 641 g/mol. The number of hydrogen-bond donors (Lipinski definition) is 2. The summed E-state index contributed by atoms with van der Waals surface area (Å²) in [6, 6.07) is 18.2. The van der Waals surface area contributed by atoms with Gasteiger partial charge in [-0.15, -0.1) is 0 Å². The molecule has 0 aromatic heterocycles. The standard InChI is InChI=1S/C38H58N2O8Si/c1-35(2,3)48-34(43)39-29(22-23-47-49(10,11)36(4,5)6)32(41)40-31(33(42)44-9)37(7,8)24-30-45-25-38(26-46-30,27-18-14-12-15-19-27)28-20-16-13-17-21-28/h12-21,29-31H,22-26H2,1-11H3,(H,39,43)(H,40,41)/t29-,31+/m0/s1. The van der Waals surface area contributed by atoms with Crippen molar-refractivity contribution in [3.05, 3.63) is 71.8 Å². The van der Waals surface area contributed by atoms with Gasteiger partial charge in [-0.05, 0) is 56.5 Å². The molecule has 0 spiro atoms. The van der Waals surface area contributed by atoms with E-state index >= 15 is 0 Å². The number of nitrogens with one attached hydrogen (secondary N) is 2. The molecule has 0 unspecified atom stereocenters. The number of carbonyl (C=O) groups excluding carboxylic acids is 3. The van der Waals surface area contributed by atoms with E-state index in [0.29, 0.717) is 13.2 Å². The first-order valence-corrected chi connectivity index (χ1v) is 20.0. The SMILES string of the molecule is COC(=O)[C@@H](NC(=O)[C@H](CCO[Si](C)(C)C(C)(C)C)NC(=O)OC(C)(C)C)C(C)(C)CC1OCC(c2ccccc2)(c2ccccc2)CO1. The Balaban J connectivity index is 1.78. The highest BCUT2D eigenvalue weighted by atomic mass is 28.4. The molecule has 11 heteroatoms. The zero-order chi connectivity index (χ0) is 36.7. The fourth-order valence-corrected chi connectivity index (χ4v) is 6.60. The number of amides is 2. The third-order valence-electron chi connectivity index (χ3n) is 9.56. The van der Waals surface area contributed by atoms with Crippen LogP contribution in [0.1, 0.15) is 79.4 Å². The summed E-state index contributed by atoms with van der Waals surface area (Å²) < 4.78 is 29.7. The lowest BCUT2D eigenvalue weighted by atomic mass is 9.75. The van der Waals surface area contributed by atoms with E-state index in [-0.39, 0.29) is 24.5 Å². The molecular formula is C38H58N2O8Si. The Labute approximate surface area is 294 Å². The van der Waals surface area contributed by atoms with Gasteiger partial charge in [-0.25, -0.2) is 9.59 Å². The maximum atomic E-state index is 13.9. The van der Waals surface area contributed by atoms with E-state index in [2.05, 4.69) is 68.8 Å². The minimum atomic E-state index is -2.13. The molecule has 1 heterocycles. The summed E-state index contributed by atoms with van der Waals surface area (Å²) in [6.45, 7) is 20.6. The van der Waals surface area contributed by atoms with Crippen LogP contribution in [0.15, 0.2) is 60.7 Å². The summed E-state index contributed by atoms with van der Waals surface area (Å²) in [5.74, 6) is -1.17. The molecule has 0 bridgehead atoms. The van der Waals surface area contributed by atoms with Crippen LogP contribution in [0.5, 0.6) is 0 Å². The van der Waals surface area contributed by atoms with Crippen molar-refractivity contribution < 1.29 is 37.8 Å². The normalized spacial score (nSPS) is 17.0. The molecule has 2 N–H and O–H groups in total. The highest BCUT2D eigenvalue weighted by Gasteiger charge is 2.45. The summed E-state index contributed by atoms with van der Waals surface area (Å²) in [5.41, 5.74) is 0.0183. The highest BCUT2D eigenvalue weighted by molar-refractivity contribution is 6.74. The molecule has 3 rings (SSSR count). The maximum Gasteiger partial charge on any atom is 0.408 e. The number of esters is 1. The molecule has 1 aliphatic heterocycles. The minimum absolute atomic E-state index is 0.0333. The Morgan fingerprint density at radius 1 is 0.857 bits per heavy atom. The van der Waals surface area contributed by atoms with E-state index in [4.69, 9.17) is 23.4 Å². The molecule has 2 atom stereocenters. The largest absolute Gasteiger partial charge is 0.467 e. The average molecular weight is 699 g/mol. The summed E-state index contributed by atoms with van der Waals surface area (Å²) >= 11 is 0. The van der Waals surface area contributed by atoms with Crippen molar-refractivity contribution >= 4 is 26.3 Å². The second kappa shape index (κ2) is 16.2. The fraction of sp³-hybridized carbons (Fsp3) is 0.605. The lowest BCUT2D eigenvalue weighted by Crippen LogP contribution is -2.58. The van der Waals surface area contributed by atoms with Crippen molar-refractivity contribution in [3.8, 4) is 0 Å². The van der Waals surface area contributed by atoms with Crippen LogP contribution < -0.4 is 10.6 Å². The maximum absolute atomic E-state index is 13.9. The summed E-state index contributed by atoms with van der Waals surface area (Å²) in [7, 11) is -0.846. The van der Waals surface area contributed by atoms with Crippen molar-refractivity contribution in [2.75, 3.05) is 26.9 Å². The Morgan fingerprint density at radius 2 is 1.37 bits per heavy atom. The van der Waals surface area contributed by atoms with Crippen molar-refractivity contribution in [1.29, 1.82) is 0 Å². The Morgan fingerprint density at radius 3 is 1.82 bits per heavy atom. The molecule has 0 saturated carbocycles. The number of carbonyl (C=O) groups is 3. The van der Waals surface area contributed by atoms with Crippen LogP contribution in [0.4, 0.5) is 4.79 Å². The number of benzene rings is 2. The van der Waals surface area contributed by atoms with E-state index in [0.717, 1.165) is 11.1 Å². The second-order valence-corrected chi connectivity index (χ2v) is 20.9. The van der Waals surface area contributed by atoms with Crippen LogP contribution >= 0.6 is 0 Å². The molecule has 2 amide bonds. The Hall–Kier alpha value is -3.25. The average Bonchev–Trinajstić information content (AvgIpc) is 3.02. The van der Waals surface area contributed by atoms with Crippen LogP contribution in [0.3, 0.4) is 0 Å². The third-order valence-corrected chi connectivity index (χ3v) is 14.1. The van der Waals surface area contributed by atoms with Crippen LogP contribution in [0.25, 0.3) is 0 Å². The molecule has 0 aliphatic carbocycles. The zero-order valence-electron chi connectivity index (χ0n) is 31.3. The molecule has 272 valence electrons. The first-order valence-electron chi connectivity index (χ1n) is 17.1. The van der Waals surface area contributed by atoms with Crippen LogP contribution in [-0.4, -0.2) is 77.2 Å². The molecule has 2 aromatic rings. The van der Waals surface area contributed by atoms with Gasteiger partial charge in [0.2, 0.25) is 5.91 Å². The van der Waals surface area contributed by atoms with Gasteiger partial charge in [-0.3, -0.25) is 4.79 Å². The molecule has 1 saturated heterocycles. The van der Waals surface area contributed by atoms with E-state index in [9.17, 15) is 14.4 Å². The van der Waals surface area contributed by atoms with Gasteiger partial charge in [-0.1, -0.05) is 95.3 Å². The lowest BCUT2D eigenvalue weighted by Gasteiger charge is -2.43. The minimum Gasteiger partial charge on any atom is -0.467 e. The van der Waals surface area contributed by atoms with E-state index in [1.165, 1.54) is 7.11 Å². The first-order chi connectivity index (χ1) is 22.7. The summed E-state index contributed by atoms with van der Waals surface area (Å²) in [5, 5.41) is 5.53. The second-order valence-electron chi connectivity index (χ2n) is 16.1. The van der Waals surface area contributed by atoms with Gasteiger partial charge in [0, 0.05) is 18.4 Å². The monoisotopic (exact) mass is 698 g/mol. The number of rotatable bonds is 13. The molecule has 0 radical (unpaired) electrons. The summed E-state index contributed by atoms with van der Waals surface area (Å²) in [4.78, 5) is 39.9. The quantitative estimate of drug-likeness (QED) is 0.175. The zero-order valence-corrected chi connectivity index (χ0v) is 32.3. The molecule has 2 aromatic carbocycles. The third kappa shape index (κ3) is 10.9. The first kappa shape index (κ1) is 40.2. The van der Waals surface area contributed by atoms with Gasteiger partial charge >= 0.3 is 12.1 Å². The Bertz CT molecular complexity index is 1340. The number of alkyl carbamates (subject to hydrolysis) is 1. The number of hydrogen-bond acceptors (Lipinski definition) is 8. The van der Waals surface area contributed by atoms with Crippen LogP contribution in [0.2, 0.25) is 18.1 Å².